The van der Waals surface area contributed by atoms with Crippen molar-refractivity contribution in [1.29, 1.82) is 0 Å². The standard InChI is InChI=1S/C13H22N4O3S/c1-15-21(18,19)13-10-11(14)2-3-12(13)16-4-5-17-6-8-20-9-7-17/h2-3,10,15-16H,4-9,14H2,1H3. The van der Waals surface area contributed by atoms with Crippen LogP contribution in [0.1, 0.15) is 0 Å². The lowest BCUT2D eigenvalue weighted by Crippen LogP contribution is -2.39. The number of anilines is 2. The van der Waals surface area contributed by atoms with Crippen molar-refractivity contribution in [3.8, 4) is 0 Å². The van der Waals surface area contributed by atoms with Crippen LogP contribution in [-0.4, -0.2) is 59.8 Å². The Kier molecular flexibility index (Phi) is 5.40. The van der Waals surface area contributed by atoms with Crippen molar-refractivity contribution in [1.82, 2.24) is 9.62 Å². The summed E-state index contributed by atoms with van der Waals surface area (Å²) in [5, 5.41) is 3.17. The monoisotopic (exact) mass is 314 g/mol. The first-order valence-electron chi connectivity index (χ1n) is 6.90. The smallest absolute Gasteiger partial charge is 0.242 e. The second-order valence-electron chi connectivity index (χ2n) is 4.84. The second-order valence-corrected chi connectivity index (χ2v) is 6.70. The van der Waals surface area contributed by atoms with Crippen molar-refractivity contribution < 1.29 is 13.2 Å². The minimum Gasteiger partial charge on any atom is -0.399 e. The van der Waals surface area contributed by atoms with Gasteiger partial charge in [-0.2, -0.15) is 0 Å². The Bertz CT molecular complexity index is 571. The van der Waals surface area contributed by atoms with Crippen LogP contribution in [-0.2, 0) is 14.8 Å². The number of nitrogens with zero attached hydrogens (tertiary/aromatic N) is 1. The molecule has 1 fully saturated rings. The van der Waals surface area contributed by atoms with Gasteiger partial charge in [-0.05, 0) is 25.2 Å². The molecule has 1 aliphatic heterocycles. The van der Waals surface area contributed by atoms with Crippen LogP contribution in [0.2, 0.25) is 0 Å². The Morgan fingerprint density at radius 1 is 1.33 bits per heavy atom. The molecule has 0 aromatic heterocycles. The van der Waals surface area contributed by atoms with Crippen LogP contribution >= 0.6 is 0 Å². The van der Waals surface area contributed by atoms with Gasteiger partial charge in [-0.1, -0.05) is 0 Å². The summed E-state index contributed by atoms with van der Waals surface area (Å²) in [5.41, 5.74) is 6.66. The van der Waals surface area contributed by atoms with E-state index in [0.717, 1.165) is 32.8 Å². The third-order valence-electron chi connectivity index (χ3n) is 3.41. The summed E-state index contributed by atoms with van der Waals surface area (Å²) < 4.78 is 31.6. The third-order valence-corrected chi connectivity index (χ3v) is 4.87. The van der Waals surface area contributed by atoms with Crippen LogP contribution in [0.4, 0.5) is 11.4 Å². The quantitative estimate of drug-likeness (QED) is 0.636. The predicted octanol–water partition coefficient (Wildman–Crippen LogP) is -0.0790. The molecular formula is C13H22N4O3S. The zero-order chi connectivity index (χ0) is 15.3. The fourth-order valence-corrected chi connectivity index (χ4v) is 3.13. The Balaban J connectivity index is 2.02. The highest BCUT2D eigenvalue weighted by Gasteiger charge is 2.17. The van der Waals surface area contributed by atoms with Crippen LogP contribution in [0.15, 0.2) is 23.1 Å². The molecule has 0 atom stereocenters. The summed E-state index contributed by atoms with van der Waals surface area (Å²) in [5.74, 6) is 0. The third kappa shape index (κ3) is 4.31. The molecule has 7 nitrogen and oxygen atoms in total. The first-order valence-corrected chi connectivity index (χ1v) is 8.38. The molecule has 8 heteroatoms. The average molecular weight is 314 g/mol. The van der Waals surface area contributed by atoms with Crippen molar-refractivity contribution in [2.75, 3.05) is 57.5 Å². The fraction of sp³-hybridized carbons (Fsp3) is 0.538. The molecule has 118 valence electrons. The van der Waals surface area contributed by atoms with Crippen LogP contribution < -0.4 is 15.8 Å². The van der Waals surface area contributed by atoms with E-state index in [0.29, 0.717) is 17.9 Å². The fourth-order valence-electron chi connectivity index (χ4n) is 2.19. The highest BCUT2D eigenvalue weighted by molar-refractivity contribution is 7.89. The molecule has 0 saturated carbocycles. The molecule has 1 aromatic carbocycles. The van der Waals surface area contributed by atoms with E-state index in [4.69, 9.17) is 10.5 Å². The Labute approximate surface area is 125 Å². The second kappa shape index (κ2) is 7.08. The van der Waals surface area contributed by atoms with Crippen molar-refractivity contribution in [3.05, 3.63) is 18.2 Å². The maximum absolute atomic E-state index is 12.0. The molecule has 0 aliphatic carbocycles. The number of rotatable bonds is 6. The van der Waals surface area contributed by atoms with E-state index in [1.54, 1.807) is 12.1 Å². The summed E-state index contributed by atoms with van der Waals surface area (Å²) >= 11 is 0. The topological polar surface area (TPSA) is 96.7 Å². The lowest BCUT2D eigenvalue weighted by atomic mass is 10.3. The van der Waals surface area contributed by atoms with E-state index in [2.05, 4.69) is 14.9 Å². The maximum Gasteiger partial charge on any atom is 0.242 e. The summed E-state index contributed by atoms with van der Waals surface area (Å²) in [4.78, 5) is 2.45. The van der Waals surface area contributed by atoms with Crippen molar-refractivity contribution >= 4 is 21.4 Å². The van der Waals surface area contributed by atoms with Gasteiger partial charge in [0.2, 0.25) is 10.0 Å². The van der Waals surface area contributed by atoms with Gasteiger partial charge in [0.05, 0.1) is 18.9 Å². The highest BCUT2D eigenvalue weighted by Crippen LogP contribution is 2.23. The summed E-state index contributed by atoms with van der Waals surface area (Å²) in [7, 11) is -2.15. The number of nitrogen functional groups attached to an aromatic ring is 1. The molecule has 0 radical (unpaired) electrons. The van der Waals surface area contributed by atoms with Gasteiger partial charge in [0.15, 0.2) is 0 Å². The van der Waals surface area contributed by atoms with E-state index < -0.39 is 10.0 Å². The number of morpholine rings is 1. The van der Waals surface area contributed by atoms with E-state index in [1.807, 2.05) is 0 Å². The Morgan fingerprint density at radius 3 is 2.71 bits per heavy atom. The van der Waals surface area contributed by atoms with Gasteiger partial charge >= 0.3 is 0 Å². The zero-order valence-corrected chi connectivity index (χ0v) is 12.9. The number of nitrogens with two attached hydrogens (primary N) is 1. The minimum atomic E-state index is -3.53. The van der Waals surface area contributed by atoms with Crippen LogP contribution in [0, 0.1) is 0 Å². The van der Waals surface area contributed by atoms with Crippen molar-refractivity contribution in [2.24, 2.45) is 0 Å². The maximum atomic E-state index is 12.0. The van der Waals surface area contributed by atoms with E-state index in [9.17, 15) is 8.42 Å². The van der Waals surface area contributed by atoms with E-state index in [1.165, 1.54) is 13.1 Å². The lowest BCUT2D eigenvalue weighted by molar-refractivity contribution is 0.0398. The minimum absolute atomic E-state index is 0.173. The molecule has 1 aliphatic rings. The molecule has 21 heavy (non-hydrogen) atoms. The number of hydrogen-bond acceptors (Lipinski definition) is 6. The Hall–Kier alpha value is -1.35. The molecular weight excluding hydrogens is 292 g/mol. The van der Waals surface area contributed by atoms with Gasteiger partial charge < -0.3 is 15.8 Å². The molecule has 0 unspecified atom stereocenters. The molecule has 2 rings (SSSR count). The number of nitrogens with one attached hydrogen (secondary N) is 2. The van der Waals surface area contributed by atoms with E-state index >= 15 is 0 Å². The van der Waals surface area contributed by atoms with Crippen LogP contribution in [0.25, 0.3) is 0 Å². The van der Waals surface area contributed by atoms with Crippen molar-refractivity contribution in [2.45, 2.75) is 4.90 Å². The number of sulfonamides is 1. The normalized spacial score (nSPS) is 16.8. The average Bonchev–Trinajstić information content (AvgIpc) is 2.49. The first kappa shape index (κ1) is 16.0. The number of hydrogen-bond donors (Lipinski definition) is 3. The summed E-state index contributed by atoms with van der Waals surface area (Å²) in [6.45, 7) is 4.82. The van der Waals surface area contributed by atoms with E-state index in [-0.39, 0.29) is 4.90 Å². The highest BCUT2D eigenvalue weighted by atomic mass is 32.2. The van der Waals surface area contributed by atoms with Crippen LogP contribution in [0.3, 0.4) is 0 Å². The molecule has 1 heterocycles. The van der Waals surface area contributed by atoms with Crippen LogP contribution in [0.5, 0.6) is 0 Å². The van der Waals surface area contributed by atoms with Gasteiger partial charge in [-0.25, -0.2) is 13.1 Å². The van der Waals surface area contributed by atoms with Gasteiger partial charge in [0, 0.05) is 31.9 Å². The van der Waals surface area contributed by atoms with Gasteiger partial charge in [0.1, 0.15) is 4.90 Å². The molecule has 4 N–H and O–H groups in total. The number of benzene rings is 1. The van der Waals surface area contributed by atoms with Gasteiger partial charge in [-0.3, -0.25) is 4.90 Å². The number of ether oxygens (including phenoxy) is 1. The Morgan fingerprint density at radius 2 is 2.05 bits per heavy atom. The lowest BCUT2D eigenvalue weighted by Gasteiger charge is -2.26. The summed E-state index contributed by atoms with van der Waals surface area (Å²) in [6.07, 6.45) is 0. The predicted molar refractivity (Wildman–Crippen MR) is 82.8 cm³/mol. The molecule has 0 bridgehead atoms. The summed E-state index contributed by atoms with van der Waals surface area (Å²) in [6, 6.07) is 4.84. The van der Waals surface area contributed by atoms with Gasteiger partial charge in [0.25, 0.3) is 0 Å². The zero-order valence-electron chi connectivity index (χ0n) is 12.1. The molecule has 0 amide bonds. The largest absolute Gasteiger partial charge is 0.399 e. The molecule has 0 spiro atoms. The SMILES string of the molecule is CNS(=O)(=O)c1cc(N)ccc1NCCN1CCOCC1. The van der Waals surface area contributed by atoms with Gasteiger partial charge in [-0.15, -0.1) is 0 Å². The molecule has 1 saturated heterocycles. The van der Waals surface area contributed by atoms with Crippen molar-refractivity contribution in [3.63, 3.8) is 0 Å². The molecule has 1 aromatic rings. The first-order chi connectivity index (χ1) is 10.0.